The molecule has 0 bridgehead atoms. The zero-order valence-corrected chi connectivity index (χ0v) is 14.6. The number of hydrogen-bond acceptors (Lipinski definition) is 5. The monoisotopic (exact) mass is 336 g/mol. The number of benzene rings is 1. The molecule has 3 heterocycles. The van der Waals surface area contributed by atoms with Crippen molar-refractivity contribution in [3.63, 3.8) is 0 Å². The van der Waals surface area contributed by atoms with Crippen LogP contribution in [0.4, 0.5) is 5.82 Å². The van der Waals surface area contributed by atoms with Gasteiger partial charge < -0.3 is 14.8 Å². The van der Waals surface area contributed by atoms with E-state index < -0.39 is 0 Å². The summed E-state index contributed by atoms with van der Waals surface area (Å²) in [4.78, 5) is 7.15. The van der Waals surface area contributed by atoms with Gasteiger partial charge in [-0.15, -0.1) is 5.10 Å². The Morgan fingerprint density at radius 3 is 2.96 bits per heavy atom. The van der Waals surface area contributed by atoms with Gasteiger partial charge in [-0.05, 0) is 44.0 Å². The molecule has 1 fully saturated rings. The van der Waals surface area contributed by atoms with Crippen LogP contribution in [-0.2, 0) is 13.1 Å². The number of rotatable bonds is 6. The Kier molecular flexibility index (Phi) is 4.61. The average molecular weight is 336 g/mol. The molecular weight excluding hydrogens is 312 g/mol. The quantitative estimate of drug-likeness (QED) is 0.750. The van der Waals surface area contributed by atoms with Crippen LogP contribution in [0.25, 0.3) is 11.0 Å². The first-order valence-corrected chi connectivity index (χ1v) is 9.06. The Bertz CT molecular complexity index is 828. The predicted octanol–water partition coefficient (Wildman–Crippen LogP) is 2.60. The first-order chi connectivity index (χ1) is 12.4. The van der Waals surface area contributed by atoms with E-state index in [0.717, 1.165) is 43.3 Å². The van der Waals surface area contributed by atoms with Gasteiger partial charge in [0.25, 0.3) is 0 Å². The van der Waals surface area contributed by atoms with Crippen molar-refractivity contribution < 1.29 is 0 Å². The van der Waals surface area contributed by atoms with E-state index in [9.17, 15) is 0 Å². The fraction of sp³-hybridized carbons (Fsp3) is 0.421. The molecule has 6 nitrogen and oxygen atoms in total. The third kappa shape index (κ3) is 3.22. The van der Waals surface area contributed by atoms with Gasteiger partial charge in [-0.25, -0.2) is 4.98 Å². The number of nitrogens with zero attached hydrogens (tertiary/aromatic N) is 5. The normalized spacial score (nSPS) is 17.5. The third-order valence-corrected chi connectivity index (χ3v) is 4.94. The molecule has 0 radical (unpaired) electrons. The Morgan fingerprint density at radius 2 is 2.12 bits per heavy atom. The largest absolute Gasteiger partial charge is 0.351 e. The molecule has 0 aliphatic carbocycles. The molecule has 0 amide bonds. The van der Waals surface area contributed by atoms with Gasteiger partial charge in [-0.3, -0.25) is 0 Å². The van der Waals surface area contributed by atoms with Crippen LogP contribution < -0.4 is 10.2 Å². The van der Waals surface area contributed by atoms with Gasteiger partial charge in [-0.2, -0.15) is 5.10 Å². The molecule has 4 rings (SSSR count). The number of fused-ring (bicyclic) bond motifs is 1. The fourth-order valence-corrected chi connectivity index (χ4v) is 3.76. The Hall–Kier alpha value is -2.47. The van der Waals surface area contributed by atoms with E-state index in [1.165, 1.54) is 18.4 Å². The summed E-state index contributed by atoms with van der Waals surface area (Å²) >= 11 is 0. The van der Waals surface area contributed by atoms with E-state index in [2.05, 4.69) is 50.1 Å². The van der Waals surface area contributed by atoms with Gasteiger partial charge in [0.1, 0.15) is 5.82 Å². The van der Waals surface area contributed by atoms with Crippen LogP contribution in [0.1, 0.15) is 25.6 Å². The number of nitrogens with one attached hydrogen (secondary N) is 1. The van der Waals surface area contributed by atoms with E-state index in [0.29, 0.717) is 6.04 Å². The number of imidazole rings is 1. The average Bonchev–Trinajstić information content (AvgIpc) is 3.26. The summed E-state index contributed by atoms with van der Waals surface area (Å²) in [7, 11) is 0. The Balaban J connectivity index is 1.42. The zero-order valence-electron chi connectivity index (χ0n) is 14.6. The van der Waals surface area contributed by atoms with Crippen LogP contribution in [0.3, 0.4) is 0 Å². The van der Waals surface area contributed by atoms with Crippen LogP contribution in [0.5, 0.6) is 0 Å². The number of para-hydroxylation sites is 2. The van der Waals surface area contributed by atoms with Crippen molar-refractivity contribution >= 4 is 16.9 Å². The first kappa shape index (κ1) is 16.0. The van der Waals surface area contributed by atoms with Crippen molar-refractivity contribution in [2.45, 2.75) is 38.9 Å². The van der Waals surface area contributed by atoms with Gasteiger partial charge in [-0.1, -0.05) is 12.1 Å². The fourth-order valence-electron chi connectivity index (χ4n) is 3.76. The molecule has 0 unspecified atom stereocenters. The van der Waals surface area contributed by atoms with Gasteiger partial charge >= 0.3 is 0 Å². The lowest BCUT2D eigenvalue weighted by Gasteiger charge is -2.25. The molecule has 1 N–H and O–H groups in total. The van der Waals surface area contributed by atoms with Crippen molar-refractivity contribution in [1.82, 2.24) is 25.1 Å². The highest BCUT2D eigenvalue weighted by Gasteiger charge is 2.25. The molecule has 6 heteroatoms. The van der Waals surface area contributed by atoms with Gasteiger partial charge in [0, 0.05) is 31.9 Å². The summed E-state index contributed by atoms with van der Waals surface area (Å²) in [6, 6.07) is 12.8. The van der Waals surface area contributed by atoms with E-state index in [1.54, 1.807) is 6.20 Å². The van der Waals surface area contributed by atoms with Crippen molar-refractivity contribution in [3.8, 4) is 0 Å². The minimum atomic E-state index is 0.469. The molecule has 2 aromatic heterocycles. The van der Waals surface area contributed by atoms with Crippen LogP contribution in [-0.4, -0.2) is 38.9 Å². The Morgan fingerprint density at radius 1 is 1.20 bits per heavy atom. The summed E-state index contributed by atoms with van der Waals surface area (Å²) in [5, 5.41) is 11.9. The lowest BCUT2D eigenvalue weighted by atomic mass is 10.2. The molecule has 1 aliphatic rings. The van der Waals surface area contributed by atoms with Crippen LogP contribution in [0.15, 0.2) is 42.6 Å². The highest BCUT2D eigenvalue weighted by Crippen LogP contribution is 2.22. The van der Waals surface area contributed by atoms with Crippen LogP contribution in [0, 0.1) is 0 Å². The molecule has 25 heavy (non-hydrogen) atoms. The van der Waals surface area contributed by atoms with Gasteiger partial charge in [0.15, 0.2) is 5.82 Å². The lowest BCUT2D eigenvalue weighted by Crippen LogP contribution is -2.38. The molecule has 3 aromatic rings. The second-order valence-electron chi connectivity index (χ2n) is 6.46. The highest BCUT2D eigenvalue weighted by molar-refractivity contribution is 5.75. The zero-order chi connectivity index (χ0) is 17.1. The topological polar surface area (TPSA) is 58.9 Å². The number of hydrogen-bond donors (Lipinski definition) is 1. The molecule has 1 atom stereocenters. The second kappa shape index (κ2) is 7.19. The minimum Gasteiger partial charge on any atom is -0.351 e. The summed E-state index contributed by atoms with van der Waals surface area (Å²) < 4.78 is 2.29. The second-order valence-corrected chi connectivity index (χ2v) is 6.46. The Labute approximate surface area is 147 Å². The summed E-state index contributed by atoms with van der Waals surface area (Å²) in [6.45, 7) is 5.88. The smallest absolute Gasteiger partial charge is 0.151 e. The number of aromatic nitrogens is 4. The molecular formula is C19H24N6. The molecule has 1 aromatic carbocycles. The van der Waals surface area contributed by atoms with Gasteiger partial charge in [0.2, 0.25) is 0 Å². The number of aryl methyl sites for hydroxylation is 1. The molecule has 0 spiro atoms. The molecule has 0 saturated carbocycles. The molecule has 130 valence electrons. The van der Waals surface area contributed by atoms with Crippen molar-refractivity contribution in [1.29, 1.82) is 0 Å². The maximum Gasteiger partial charge on any atom is 0.151 e. The summed E-state index contributed by atoms with van der Waals surface area (Å²) in [6.07, 6.45) is 4.12. The van der Waals surface area contributed by atoms with Crippen molar-refractivity contribution in [3.05, 3.63) is 48.4 Å². The number of anilines is 1. The third-order valence-electron chi connectivity index (χ3n) is 4.94. The van der Waals surface area contributed by atoms with E-state index in [-0.39, 0.29) is 0 Å². The molecule has 1 saturated heterocycles. The van der Waals surface area contributed by atoms with Crippen molar-refractivity contribution in [2.75, 3.05) is 18.0 Å². The predicted molar refractivity (Wildman–Crippen MR) is 99.5 cm³/mol. The SMILES string of the molecule is CCn1c(CNC[C@H]2CCCN2c2cccnn2)nc2ccccc21. The van der Waals surface area contributed by atoms with Crippen LogP contribution in [0.2, 0.25) is 0 Å². The lowest BCUT2D eigenvalue weighted by molar-refractivity contribution is 0.548. The van der Waals surface area contributed by atoms with Gasteiger partial charge in [0.05, 0.1) is 17.6 Å². The van der Waals surface area contributed by atoms with E-state index in [4.69, 9.17) is 4.98 Å². The minimum absolute atomic E-state index is 0.469. The maximum absolute atomic E-state index is 4.79. The molecule has 1 aliphatic heterocycles. The first-order valence-electron chi connectivity index (χ1n) is 9.06. The summed E-state index contributed by atoms with van der Waals surface area (Å²) in [5.74, 6) is 2.08. The van der Waals surface area contributed by atoms with Crippen molar-refractivity contribution in [2.24, 2.45) is 0 Å². The van der Waals surface area contributed by atoms with Crippen LogP contribution >= 0.6 is 0 Å². The highest BCUT2D eigenvalue weighted by atomic mass is 15.3. The standard InChI is InChI=1S/C19H24N6/c1-2-24-17-9-4-3-8-16(17)22-19(24)14-20-13-15-7-6-12-25(15)18-10-5-11-21-23-18/h3-5,8-11,15,20H,2,6-7,12-14H2,1H3/t15-/m1/s1. The maximum atomic E-state index is 4.79. The van der Waals surface area contributed by atoms with E-state index in [1.807, 2.05) is 18.2 Å². The van der Waals surface area contributed by atoms with E-state index >= 15 is 0 Å². The summed E-state index contributed by atoms with van der Waals surface area (Å²) in [5.41, 5.74) is 2.28.